The highest BCUT2D eigenvalue weighted by atomic mass is 32.1. The molecule has 0 atom stereocenters. The van der Waals surface area contributed by atoms with Crippen molar-refractivity contribution in [3.8, 4) is 11.3 Å². The van der Waals surface area contributed by atoms with E-state index in [0.717, 1.165) is 37.6 Å². The second-order valence-electron chi connectivity index (χ2n) is 6.27. The van der Waals surface area contributed by atoms with Gasteiger partial charge in [-0.25, -0.2) is 9.97 Å². The van der Waals surface area contributed by atoms with E-state index in [2.05, 4.69) is 15.3 Å². The summed E-state index contributed by atoms with van der Waals surface area (Å²) in [6.07, 6.45) is 1.88. The number of nitrogens with two attached hydrogens (primary N) is 1. The van der Waals surface area contributed by atoms with E-state index in [1.54, 1.807) is 17.7 Å². The fourth-order valence-corrected chi connectivity index (χ4v) is 3.93. The van der Waals surface area contributed by atoms with Crippen LogP contribution in [-0.4, -0.2) is 15.9 Å². The Balaban J connectivity index is 1.63. The van der Waals surface area contributed by atoms with E-state index in [9.17, 15) is 4.79 Å². The fourth-order valence-electron chi connectivity index (χ4n) is 3.02. The summed E-state index contributed by atoms with van der Waals surface area (Å²) >= 11 is 1.56. The number of anilines is 2. The fraction of sp³-hybridized carbons (Fsp3) is 0.0952. The number of rotatable bonds is 4. The molecular weight excluding hydrogens is 356 g/mol. The SMILES string of the molecule is Cc1sc2ncnc(-c3cccc(NC(=O)Cc4ccccc4)c3)c2c1N. The Morgan fingerprint density at radius 1 is 1.11 bits per heavy atom. The van der Waals surface area contributed by atoms with Gasteiger partial charge in [-0.15, -0.1) is 11.3 Å². The Hall–Kier alpha value is -3.25. The lowest BCUT2D eigenvalue weighted by molar-refractivity contribution is -0.115. The summed E-state index contributed by atoms with van der Waals surface area (Å²) in [5.74, 6) is -0.0583. The van der Waals surface area contributed by atoms with Crippen LogP contribution in [-0.2, 0) is 11.2 Å². The Labute approximate surface area is 160 Å². The Bertz CT molecular complexity index is 1120. The quantitative estimate of drug-likeness (QED) is 0.554. The molecule has 0 aliphatic carbocycles. The van der Waals surface area contributed by atoms with Crippen molar-refractivity contribution in [2.24, 2.45) is 0 Å². The van der Waals surface area contributed by atoms with E-state index in [1.165, 1.54) is 0 Å². The van der Waals surface area contributed by atoms with E-state index >= 15 is 0 Å². The molecule has 4 rings (SSSR count). The molecule has 6 heteroatoms. The van der Waals surface area contributed by atoms with Crippen LogP contribution in [0.4, 0.5) is 11.4 Å². The lowest BCUT2D eigenvalue weighted by atomic mass is 10.1. The Morgan fingerprint density at radius 3 is 2.74 bits per heavy atom. The standard InChI is InChI=1S/C21H18N4OS/c1-13-19(22)18-20(23-12-24-21(18)27-13)15-8-5-9-16(11-15)25-17(26)10-14-6-3-2-4-7-14/h2-9,11-12H,10,22H2,1H3,(H,25,26). The molecule has 5 nitrogen and oxygen atoms in total. The van der Waals surface area contributed by atoms with Gasteiger partial charge in [-0.2, -0.15) is 0 Å². The van der Waals surface area contributed by atoms with Gasteiger partial charge in [0.15, 0.2) is 0 Å². The van der Waals surface area contributed by atoms with E-state index in [4.69, 9.17) is 5.73 Å². The predicted octanol–water partition coefficient (Wildman–Crippen LogP) is 4.43. The maximum absolute atomic E-state index is 12.3. The molecule has 134 valence electrons. The number of thiophene rings is 1. The van der Waals surface area contributed by atoms with Crippen molar-refractivity contribution in [1.82, 2.24) is 9.97 Å². The molecule has 4 aromatic rings. The summed E-state index contributed by atoms with van der Waals surface area (Å²) in [7, 11) is 0. The minimum atomic E-state index is -0.0583. The summed E-state index contributed by atoms with van der Waals surface area (Å²) in [6.45, 7) is 1.98. The van der Waals surface area contributed by atoms with E-state index < -0.39 is 0 Å². The number of fused-ring (bicyclic) bond motifs is 1. The number of nitrogens with zero attached hydrogens (tertiary/aromatic N) is 2. The number of aryl methyl sites for hydroxylation is 1. The van der Waals surface area contributed by atoms with Crippen LogP contribution >= 0.6 is 11.3 Å². The Kier molecular flexibility index (Phi) is 4.56. The van der Waals surface area contributed by atoms with Crippen molar-refractivity contribution >= 4 is 38.8 Å². The molecule has 0 radical (unpaired) electrons. The number of amides is 1. The van der Waals surface area contributed by atoms with Gasteiger partial charge in [-0.05, 0) is 24.6 Å². The molecule has 2 aromatic heterocycles. The van der Waals surface area contributed by atoms with Gasteiger partial charge in [0.2, 0.25) is 5.91 Å². The normalized spacial score (nSPS) is 10.9. The van der Waals surface area contributed by atoms with Crippen LogP contribution < -0.4 is 11.1 Å². The first-order valence-corrected chi connectivity index (χ1v) is 9.37. The molecule has 27 heavy (non-hydrogen) atoms. The average molecular weight is 374 g/mol. The zero-order valence-corrected chi connectivity index (χ0v) is 15.6. The van der Waals surface area contributed by atoms with Crippen LogP contribution in [0.5, 0.6) is 0 Å². The van der Waals surface area contributed by atoms with Crippen molar-refractivity contribution in [3.05, 3.63) is 71.4 Å². The second-order valence-corrected chi connectivity index (χ2v) is 7.47. The smallest absolute Gasteiger partial charge is 0.228 e. The lowest BCUT2D eigenvalue weighted by Crippen LogP contribution is -2.14. The van der Waals surface area contributed by atoms with E-state index in [1.807, 2.05) is 61.5 Å². The first kappa shape index (κ1) is 17.2. The summed E-state index contributed by atoms with van der Waals surface area (Å²) < 4.78 is 0. The molecule has 3 N–H and O–H groups in total. The highest BCUT2D eigenvalue weighted by molar-refractivity contribution is 7.19. The van der Waals surface area contributed by atoms with Gasteiger partial charge < -0.3 is 11.1 Å². The molecular formula is C21H18N4OS. The second kappa shape index (κ2) is 7.17. The zero-order valence-electron chi connectivity index (χ0n) is 14.8. The number of hydrogen-bond donors (Lipinski definition) is 2. The minimum absolute atomic E-state index is 0.0583. The minimum Gasteiger partial charge on any atom is -0.397 e. The van der Waals surface area contributed by atoms with Crippen molar-refractivity contribution in [1.29, 1.82) is 0 Å². The number of carbonyl (C=O) groups excluding carboxylic acids is 1. The monoisotopic (exact) mass is 374 g/mol. The van der Waals surface area contributed by atoms with Crippen LogP contribution in [0.2, 0.25) is 0 Å². The third-order valence-electron chi connectivity index (χ3n) is 4.34. The number of nitrogens with one attached hydrogen (secondary N) is 1. The van der Waals surface area contributed by atoms with Crippen molar-refractivity contribution in [2.75, 3.05) is 11.1 Å². The van der Waals surface area contributed by atoms with Gasteiger partial charge in [-0.1, -0.05) is 42.5 Å². The first-order valence-electron chi connectivity index (χ1n) is 8.55. The number of benzene rings is 2. The summed E-state index contributed by atoms with van der Waals surface area (Å²) in [6, 6.07) is 17.3. The maximum Gasteiger partial charge on any atom is 0.228 e. The number of nitrogen functional groups attached to an aromatic ring is 1. The first-order chi connectivity index (χ1) is 13.1. The topological polar surface area (TPSA) is 80.9 Å². The van der Waals surface area contributed by atoms with E-state index in [-0.39, 0.29) is 5.91 Å². The largest absolute Gasteiger partial charge is 0.397 e. The molecule has 0 fully saturated rings. The molecule has 0 unspecified atom stereocenters. The highest BCUT2D eigenvalue weighted by Crippen LogP contribution is 2.37. The predicted molar refractivity (Wildman–Crippen MR) is 111 cm³/mol. The van der Waals surface area contributed by atoms with Crippen LogP contribution in [0.15, 0.2) is 60.9 Å². The molecule has 0 saturated heterocycles. The lowest BCUT2D eigenvalue weighted by Gasteiger charge is -2.08. The number of hydrogen-bond acceptors (Lipinski definition) is 5. The van der Waals surface area contributed by atoms with Gasteiger partial charge in [0.1, 0.15) is 11.2 Å². The molecule has 2 heterocycles. The van der Waals surface area contributed by atoms with Crippen molar-refractivity contribution in [3.63, 3.8) is 0 Å². The summed E-state index contributed by atoms with van der Waals surface area (Å²) in [5, 5.41) is 3.83. The van der Waals surface area contributed by atoms with Gasteiger partial charge in [0.05, 0.1) is 23.2 Å². The molecule has 0 bridgehead atoms. The average Bonchev–Trinajstić information content (AvgIpc) is 2.97. The maximum atomic E-state index is 12.3. The Morgan fingerprint density at radius 2 is 1.93 bits per heavy atom. The van der Waals surface area contributed by atoms with Crippen molar-refractivity contribution < 1.29 is 4.79 Å². The van der Waals surface area contributed by atoms with Crippen molar-refractivity contribution in [2.45, 2.75) is 13.3 Å². The summed E-state index contributed by atoms with van der Waals surface area (Å²) in [4.78, 5) is 23.0. The van der Waals surface area contributed by atoms with Crippen LogP contribution in [0.25, 0.3) is 21.5 Å². The molecule has 1 amide bonds. The molecule has 0 spiro atoms. The van der Waals surface area contributed by atoms with Crippen LogP contribution in [0, 0.1) is 6.92 Å². The van der Waals surface area contributed by atoms with Gasteiger partial charge in [-0.3, -0.25) is 4.79 Å². The van der Waals surface area contributed by atoms with Crippen LogP contribution in [0.1, 0.15) is 10.4 Å². The van der Waals surface area contributed by atoms with E-state index in [0.29, 0.717) is 12.1 Å². The van der Waals surface area contributed by atoms with Crippen LogP contribution in [0.3, 0.4) is 0 Å². The number of carbonyl (C=O) groups is 1. The third-order valence-corrected chi connectivity index (χ3v) is 5.37. The molecule has 0 aliphatic heterocycles. The molecule has 0 saturated carbocycles. The third kappa shape index (κ3) is 3.52. The van der Waals surface area contributed by atoms with Gasteiger partial charge >= 0.3 is 0 Å². The molecule has 2 aromatic carbocycles. The van der Waals surface area contributed by atoms with Gasteiger partial charge in [0.25, 0.3) is 0 Å². The van der Waals surface area contributed by atoms with Gasteiger partial charge in [0, 0.05) is 16.1 Å². The number of aromatic nitrogens is 2. The summed E-state index contributed by atoms with van der Waals surface area (Å²) in [5.41, 5.74) is 10.3. The highest BCUT2D eigenvalue weighted by Gasteiger charge is 2.14. The zero-order chi connectivity index (χ0) is 18.8. The molecule has 0 aliphatic rings.